The summed E-state index contributed by atoms with van der Waals surface area (Å²) in [4.78, 5) is 25.6. The summed E-state index contributed by atoms with van der Waals surface area (Å²) in [5.41, 5.74) is 0.606. The summed E-state index contributed by atoms with van der Waals surface area (Å²) in [5, 5.41) is 6.20. The molecule has 0 spiro atoms. The SMILES string of the molecule is C=CCN(CC=C)C(=O)C(C)NC(=O)c1cc(C)no1. The first-order valence-electron chi connectivity index (χ1n) is 6.24. The summed E-state index contributed by atoms with van der Waals surface area (Å²) in [6.07, 6.45) is 3.24. The van der Waals surface area contributed by atoms with Crippen molar-refractivity contribution in [2.75, 3.05) is 13.1 Å². The van der Waals surface area contributed by atoms with Gasteiger partial charge in [-0.3, -0.25) is 9.59 Å². The molecule has 0 aliphatic heterocycles. The Labute approximate surface area is 118 Å². The van der Waals surface area contributed by atoms with Crippen molar-refractivity contribution in [2.24, 2.45) is 0 Å². The number of nitrogens with zero attached hydrogens (tertiary/aromatic N) is 2. The lowest BCUT2D eigenvalue weighted by Gasteiger charge is -2.23. The van der Waals surface area contributed by atoms with Crippen LogP contribution in [0.3, 0.4) is 0 Å². The number of aromatic nitrogens is 1. The Kier molecular flexibility index (Phi) is 5.71. The fourth-order valence-electron chi connectivity index (χ4n) is 1.64. The quantitative estimate of drug-likeness (QED) is 0.762. The van der Waals surface area contributed by atoms with Gasteiger partial charge in [0, 0.05) is 19.2 Å². The van der Waals surface area contributed by atoms with E-state index in [1.54, 1.807) is 26.0 Å². The van der Waals surface area contributed by atoms with Crippen molar-refractivity contribution < 1.29 is 14.1 Å². The minimum Gasteiger partial charge on any atom is -0.351 e. The zero-order valence-corrected chi connectivity index (χ0v) is 11.8. The minimum absolute atomic E-state index is 0.0844. The van der Waals surface area contributed by atoms with Crippen LogP contribution in [-0.4, -0.2) is 41.0 Å². The molecule has 0 aliphatic rings. The van der Waals surface area contributed by atoms with Gasteiger partial charge < -0.3 is 14.7 Å². The zero-order chi connectivity index (χ0) is 15.1. The van der Waals surface area contributed by atoms with E-state index in [0.717, 1.165) is 0 Å². The second-order valence-electron chi connectivity index (χ2n) is 4.35. The van der Waals surface area contributed by atoms with Crippen molar-refractivity contribution in [3.8, 4) is 0 Å². The minimum atomic E-state index is -0.673. The molecule has 0 saturated carbocycles. The van der Waals surface area contributed by atoms with E-state index >= 15 is 0 Å². The summed E-state index contributed by atoms with van der Waals surface area (Å²) in [7, 11) is 0. The van der Waals surface area contributed by atoms with Gasteiger partial charge in [-0.1, -0.05) is 17.3 Å². The molecule has 1 unspecified atom stereocenters. The fourth-order valence-corrected chi connectivity index (χ4v) is 1.64. The Morgan fingerprint density at radius 3 is 2.50 bits per heavy atom. The highest BCUT2D eigenvalue weighted by molar-refractivity contribution is 5.95. The lowest BCUT2D eigenvalue weighted by Crippen LogP contribution is -2.47. The topological polar surface area (TPSA) is 75.4 Å². The van der Waals surface area contributed by atoms with E-state index in [4.69, 9.17) is 4.52 Å². The van der Waals surface area contributed by atoms with Gasteiger partial charge in [0.25, 0.3) is 5.91 Å². The summed E-state index contributed by atoms with van der Waals surface area (Å²) < 4.78 is 4.84. The van der Waals surface area contributed by atoms with Crippen molar-refractivity contribution in [1.82, 2.24) is 15.4 Å². The van der Waals surface area contributed by atoms with Crippen LogP contribution in [0, 0.1) is 6.92 Å². The monoisotopic (exact) mass is 277 g/mol. The Bertz CT molecular complexity index is 498. The fraction of sp³-hybridized carbons (Fsp3) is 0.357. The molecule has 1 N–H and O–H groups in total. The van der Waals surface area contributed by atoms with Crippen molar-refractivity contribution in [3.63, 3.8) is 0 Å². The Morgan fingerprint density at radius 1 is 1.45 bits per heavy atom. The van der Waals surface area contributed by atoms with Gasteiger partial charge in [-0.2, -0.15) is 0 Å². The summed E-state index contributed by atoms with van der Waals surface area (Å²) in [6, 6.07) is 0.838. The van der Waals surface area contributed by atoms with Crippen molar-refractivity contribution in [3.05, 3.63) is 42.8 Å². The van der Waals surface area contributed by atoms with Crippen molar-refractivity contribution in [2.45, 2.75) is 19.9 Å². The molecule has 1 rings (SSSR count). The third-order valence-corrected chi connectivity index (χ3v) is 2.58. The molecule has 2 amide bonds. The van der Waals surface area contributed by atoms with E-state index in [1.165, 1.54) is 11.0 Å². The van der Waals surface area contributed by atoms with Gasteiger partial charge in [-0.05, 0) is 13.8 Å². The summed E-state index contributed by atoms with van der Waals surface area (Å²) in [5.74, 6) is -0.598. The maximum atomic E-state index is 12.2. The highest BCUT2D eigenvalue weighted by Gasteiger charge is 2.22. The van der Waals surface area contributed by atoms with E-state index in [1.807, 2.05) is 0 Å². The molecule has 0 bridgehead atoms. The molecular weight excluding hydrogens is 258 g/mol. The maximum absolute atomic E-state index is 12.2. The van der Waals surface area contributed by atoms with Gasteiger partial charge in [-0.25, -0.2) is 0 Å². The molecule has 20 heavy (non-hydrogen) atoms. The van der Waals surface area contributed by atoms with Gasteiger partial charge in [0.05, 0.1) is 5.69 Å². The smallest absolute Gasteiger partial charge is 0.290 e. The van der Waals surface area contributed by atoms with E-state index in [2.05, 4.69) is 23.6 Å². The lowest BCUT2D eigenvalue weighted by molar-refractivity contribution is -0.131. The number of aryl methyl sites for hydroxylation is 1. The van der Waals surface area contributed by atoms with Crippen LogP contribution in [0.1, 0.15) is 23.2 Å². The Hall–Kier alpha value is -2.37. The molecule has 1 atom stereocenters. The Morgan fingerprint density at radius 2 is 2.05 bits per heavy atom. The van der Waals surface area contributed by atoms with Crippen molar-refractivity contribution in [1.29, 1.82) is 0 Å². The zero-order valence-electron chi connectivity index (χ0n) is 11.8. The van der Waals surface area contributed by atoms with Gasteiger partial charge in [-0.15, -0.1) is 13.2 Å². The summed E-state index contributed by atoms with van der Waals surface area (Å²) >= 11 is 0. The molecule has 0 aliphatic carbocycles. The number of hydrogen-bond donors (Lipinski definition) is 1. The predicted molar refractivity (Wildman–Crippen MR) is 75.1 cm³/mol. The number of hydrogen-bond acceptors (Lipinski definition) is 4. The highest BCUT2D eigenvalue weighted by atomic mass is 16.5. The van der Waals surface area contributed by atoms with Crippen LogP contribution in [0.25, 0.3) is 0 Å². The van der Waals surface area contributed by atoms with E-state index in [-0.39, 0.29) is 11.7 Å². The van der Waals surface area contributed by atoms with Crippen LogP contribution in [0.15, 0.2) is 35.9 Å². The molecule has 0 radical (unpaired) electrons. The summed E-state index contributed by atoms with van der Waals surface area (Å²) in [6.45, 7) is 11.3. The average Bonchev–Trinajstić information content (AvgIpc) is 2.84. The maximum Gasteiger partial charge on any atom is 0.290 e. The van der Waals surface area contributed by atoms with Crippen LogP contribution in [0.5, 0.6) is 0 Å². The molecule has 6 nitrogen and oxygen atoms in total. The molecule has 1 aromatic rings. The third-order valence-electron chi connectivity index (χ3n) is 2.58. The number of nitrogens with one attached hydrogen (secondary N) is 1. The molecule has 6 heteroatoms. The molecule has 0 saturated heterocycles. The van der Waals surface area contributed by atoms with Crippen molar-refractivity contribution >= 4 is 11.8 Å². The molecule has 108 valence electrons. The molecular formula is C14H19N3O3. The van der Waals surface area contributed by atoms with E-state index in [0.29, 0.717) is 18.8 Å². The first kappa shape index (κ1) is 15.7. The first-order valence-corrected chi connectivity index (χ1v) is 6.24. The number of carbonyl (C=O) groups is 2. The molecule has 0 fully saturated rings. The molecule has 0 aromatic carbocycles. The van der Waals surface area contributed by atoms with Gasteiger partial charge in [0.15, 0.2) is 0 Å². The second kappa shape index (κ2) is 7.28. The predicted octanol–water partition coefficient (Wildman–Crippen LogP) is 1.30. The lowest BCUT2D eigenvalue weighted by atomic mass is 10.2. The van der Waals surface area contributed by atoms with E-state index in [9.17, 15) is 9.59 Å². The first-order chi connectivity index (χ1) is 9.49. The van der Waals surface area contributed by atoms with E-state index < -0.39 is 11.9 Å². The van der Waals surface area contributed by atoms with Crippen LogP contribution in [-0.2, 0) is 4.79 Å². The average molecular weight is 277 g/mol. The molecule has 1 aromatic heterocycles. The van der Waals surface area contributed by atoms with Gasteiger partial charge in [0.1, 0.15) is 6.04 Å². The standard InChI is InChI=1S/C14H19N3O3/c1-5-7-17(8-6-2)14(19)11(4)15-13(18)12-9-10(3)16-20-12/h5-6,9,11H,1-2,7-8H2,3-4H3,(H,15,18). The van der Waals surface area contributed by atoms with Crippen LogP contribution in [0.4, 0.5) is 0 Å². The van der Waals surface area contributed by atoms with Gasteiger partial charge >= 0.3 is 0 Å². The van der Waals surface area contributed by atoms with Crippen LogP contribution >= 0.6 is 0 Å². The number of amides is 2. The number of carbonyl (C=O) groups excluding carboxylic acids is 2. The van der Waals surface area contributed by atoms with Gasteiger partial charge in [0.2, 0.25) is 11.7 Å². The number of rotatable bonds is 7. The highest BCUT2D eigenvalue weighted by Crippen LogP contribution is 2.03. The molecule has 1 heterocycles. The largest absolute Gasteiger partial charge is 0.351 e. The second-order valence-corrected chi connectivity index (χ2v) is 4.35. The third kappa shape index (κ3) is 4.08. The normalized spacial score (nSPS) is 11.5. The Balaban J connectivity index is 2.66. The van der Waals surface area contributed by atoms with Crippen LogP contribution in [0.2, 0.25) is 0 Å². The van der Waals surface area contributed by atoms with Crippen LogP contribution < -0.4 is 5.32 Å².